The van der Waals surface area contributed by atoms with Gasteiger partial charge in [0.1, 0.15) is 6.10 Å². The van der Waals surface area contributed by atoms with Gasteiger partial charge in [-0.1, -0.05) is 54.1 Å². The number of carbonyl (C=O) groups is 1. The Morgan fingerprint density at radius 1 is 1.11 bits per heavy atom. The van der Waals surface area contributed by atoms with Crippen LogP contribution in [-0.4, -0.2) is 30.1 Å². The number of hydrogen-bond donors (Lipinski definition) is 1. The molecule has 2 aliphatic rings. The van der Waals surface area contributed by atoms with Gasteiger partial charge in [0.05, 0.1) is 6.54 Å². The molecule has 1 heterocycles. The van der Waals surface area contributed by atoms with Gasteiger partial charge in [0.2, 0.25) is 0 Å². The van der Waals surface area contributed by atoms with Crippen molar-refractivity contribution in [1.82, 2.24) is 4.90 Å². The third-order valence-corrected chi connectivity index (χ3v) is 6.43. The summed E-state index contributed by atoms with van der Waals surface area (Å²) in [5, 5.41) is 0.747. The van der Waals surface area contributed by atoms with Crippen LogP contribution in [0.2, 0.25) is 5.02 Å². The first-order valence-electron chi connectivity index (χ1n) is 9.60. The Hall–Kier alpha value is -2.04. The molecule has 1 amide bonds. The molecule has 0 unspecified atom stereocenters. The highest BCUT2D eigenvalue weighted by Crippen LogP contribution is 2.42. The predicted octanol–water partition coefficient (Wildman–Crippen LogP) is 4.67. The maximum Gasteiger partial charge on any atom is 0.410 e. The fourth-order valence-corrected chi connectivity index (χ4v) is 4.71. The lowest BCUT2D eigenvalue weighted by Crippen LogP contribution is -2.45. The van der Waals surface area contributed by atoms with E-state index in [1.807, 2.05) is 53.4 Å². The molecule has 2 N–H and O–H groups in total. The van der Waals surface area contributed by atoms with E-state index in [0.29, 0.717) is 13.1 Å². The van der Waals surface area contributed by atoms with E-state index >= 15 is 0 Å². The van der Waals surface area contributed by atoms with E-state index in [9.17, 15) is 4.79 Å². The van der Waals surface area contributed by atoms with Gasteiger partial charge >= 0.3 is 6.09 Å². The van der Waals surface area contributed by atoms with Crippen molar-refractivity contribution >= 4 is 17.7 Å². The van der Waals surface area contributed by atoms with E-state index in [2.05, 4.69) is 6.07 Å². The van der Waals surface area contributed by atoms with Crippen molar-refractivity contribution in [3.05, 3.63) is 70.7 Å². The molecule has 4 rings (SSSR count). The van der Waals surface area contributed by atoms with Crippen LogP contribution in [-0.2, 0) is 10.2 Å². The number of nitrogens with zero attached hydrogens (tertiary/aromatic N) is 1. The minimum absolute atomic E-state index is 0.0517. The fourth-order valence-electron chi connectivity index (χ4n) is 4.51. The Labute approximate surface area is 165 Å². The molecule has 5 heteroatoms. The summed E-state index contributed by atoms with van der Waals surface area (Å²) in [5.41, 5.74) is 8.41. The number of nitrogens with two attached hydrogens (primary N) is 1. The number of halogens is 1. The van der Waals surface area contributed by atoms with Crippen molar-refractivity contribution in [3.63, 3.8) is 0 Å². The Bertz CT molecular complexity index is 803. The number of benzene rings is 2. The lowest BCUT2D eigenvalue weighted by molar-refractivity contribution is 0.117. The van der Waals surface area contributed by atoms with Crippen LogP contribution in [0.25, 0.3) is 0 Å². The highest BCUT2D eigenvalue weighted by molar-refractivity contribution is 6.30. The number of hydrogen-bond acceptors (Lipinski definition) is 3. The van der Waals surface area contributed by atoms with Crippen LogP contribution >= 0.6 is 11.6 Å². The van der Waals surface area contributed by atoms with Crippen LogP contribution in [0.1, 0.15) is 42.9 Å². The third-order valence-electron chi connectivity index (χ3n) is 6.19. The minimum atomic E-state index is -0.197. The van der Waals surface area contributed by atoms with E-state index in [0.717, 1.165) is 36.3 Å². The van der Waals surface area contributed by atoms with E-state index in [-0.39, 0.29) is 23.7 Å². The summed E-state index contributed by atoms with van der Waals surface area (Å²) in [6, 6.07) is 18.2. The molecule has 1 aliphatic heterocycles. The van der Waals surface area contributed by atoms with Crippen LogP contribution < -0.4 is 5.73 Å². The predicted molar refractivity (Wildman–Crippen MR) is 107 cm³/mol. The number of cyclic esters (lactones) is 1. The van der Waals surface area contributed by atoms with Crippen LogP contribution in [0.15, 0.2) is 54.6 Å². The number of amides is 1. The van der Waals surface area contributed by atoms with Crippen LogP contribution in [0.3, 0.4) is 0 Å². The standard InChI is InChI=1S/C22H25ClN2O2/c23-18-8-4-7-17(13-18)22(15-24)11-9-19(10-12-22)25-14-20(27-21(25)26)16-5-2-1-3-6-16/h1-8,13,19-20H,9-12,14-15,24H2/t19-,20-,22-/m0/s1. The molecule has 0 radical (unpaired) electrons. The topological polar surface area (TPSA) is 55.6 Å². The second-order valence-electron chi connectivity index (χ2n) is 7.66. The number of rotatable bonds is 4. The van der Waals surface area contributed by atoms with Crippen molar-refractivity contribution in [2.24, 2.45) is 5.73 Å². The summed E-state index contributed by atoms with van der Waals surface area (Å²) >= 11 is 6.20. The average Bonchev–Trinajstić information content (AvgIpc) is 3.10. The van der Waals surface area contributed by atoms with Gasteiger partial charge in [-0.15, -0.1) is 0 Å². The van der Waals surface area contributed by atoms with Crippen molar-refractivity contribution < 1.29 is 9.53 Å². The quantitative estimate of drug-likeness (QED) is 0.833. The molecule has 0 bridgehead atoms. The van der Waals surface area contributed by atoms with Gasteiger partial charge < -0.3 is 15.4 Å². The molecular weight excluding hydrogens is 360 g/mol. The van der Waals surface area contributed by atoms with Crippen LogP contribution in [0.5, 0.6) is 0 Å². The maximum absolute atomic E-state index is 12.5. The Morgan fingerprint density at radius 3 is 2.52 bits per heavy atom. The van der Waals surface area contributed by atoms with Crippen LogP contribution in [0, 0.1) is 0 Å². The summed E-state index contributed by atoms with van der Waals surface area (Å²) in [4.78, 5) is 14.4. The lowest BCUT2D eigenvalue weighted by atomic mass is 9.68. The molecule has 27 heavy (non-hydrogen) atoms. The molecule has 2 aromatic carbocycles. The van der Waals surface area contributed by atoms with Crippen molar-refractivity contribution in [2.75, 3.05) is 13.1 Å². The Kier molecular flexibility index (Phi) is 5.11. The molecule has 1 aliphatic carbocycles. The highest BCUT2D eigenvalue weighted by Gasteiger charge is 2.42. The number of ether oxygens (including phenoxy) is 1. The summed E-state index contributed by atoms with van der Waals surface area (Å²) in [7, 11) is 0. The first-order valence-corrected chi connectivity index (χ1v) is 9.97. The molecule has 1 saturated carbocycles. The SMILES string of the molecule is NC[C@]1(c2cccc(Cl)c2)CC[C@H](N2C[C@@H](c3ccccc3)OC2=O)CC1. The normalized spacial score (nSPS) is 28.2. The molecule has 0 aromatic heterocycles. The monoisotopic (exact) mass is 384 g/mol. The van der Waals surface area contributed by atoms with Gasteiger partial charge in [0.15, 0.2) is 0 Å². The lowest BCUT2D eigenvalue weighted by Gasteiger charge is -2.42. The first-order chi connectivity index (χ1) is 13.1. The van der Waals surface area contributed by atoms with E-state index in [4.69, 9.17) is 22.1 Å². The second kappa shape index (κ2) is 7.53. The molecule has 2 aromatic rings. The van der Waals surface area contributed by atoms with E-state index in [1.165, 1.54) is 5.56 Å². The van der Waals surface area contributed by atoms with Crippen LogP contribution in [0.4, 0.5) is 4.79 Å². The molecule has 2 fully saturated rings. The Morgan fingerprint density at radius 2 is 1.85 bits per heavy atom. The largest absolute Gasteiger partial charge is 0.439 e. The van der Waals surface area contributed by atoms with Crippen molar-refractivity contribution in [3.8, 4) is 0 Å². The molecule has 4 nitrogen and oxygen atoms in total. The van der Waals surface area contributed by atoms with Gasteiger partial charge in [0, 0.05) is 23.0 Å². The average molecular weight is 385 g/mol. The van der Waals surface area contributed by atoms with E-state index < -0.39 is 0 Å². The summed E-state index contributed by atoms with van der Waals surface area (Å²) in [5.74, 6) is 0. The zero-order valence-corrected chi connectivity index (χ0v) is 16.1. The Balaban J connectivity index is 1.45. The van der Waals surface area contributed by atoms with Gasteiger partial charge in [-0.2, -0.15) is 0 Å². The zero-order valence-electron chi connectivity index (χ0n) is 15.3. The summed E-state index contributed by atoms with van der Waals surface area (Å²) in [6.45, 7) is 1.22. The summed E-state index contributed by atoms with van der Waals surface area (Å²) < 4.78 is 5.64. The van der Waals surface area contributed by atoms with Gasteiger partial charge in [-0.25, -0.2) is 4.79 Å². The molecule has 1 atom stereocenters. The second-order valence-corrected chi connectivity index (χ2v) is 8.10. The minimum Gasteiger partial charge on any atom is -0.439 e. The van der Waals surface area contributed by atoms with Crippen molar-refractivity contribution in [1.29, 1.82) is 0 Å². The van der Waals surface area contributed by atoms with Gasteiger partial charge in [0.25, 0.3) is 0 Å². The van der Waals surface area contributed by atoms with E-state index in [1.54, 1.807) is 0 Å². The van der Waals surface area contributed by atoms with Gasteiger partial charge in [-0.05, 0) is 48.9 Å². The molecule has 0 spiro atoms. The maximum atomic E-state index is 12.5. The molecule has 1 saturated heterocycles. The third kappa shape index (κ3) is 3.56. The first kappa shape index (κ1) is 18.3. The smallest absolute Gasteiger partial charge is 0.410 e. The zero-order chi connectivity index (χ0) is 18.9. The molecular formula is C22H25ClN2O2. The summed E-state index contributed by atoms with van der Waals surface area (Å²) in [6.07, 6.45) is 3.40. The molecule has 142 valence electrons. The highest BCUT2D eigenvalue weighted by atomic mass is 35.5. The van der Waals surface area contributed by atoms with Gasteiger partial charge in [-0.3, -0.25) is 0 Å². The number of carbonyl (C=O) groups excluding carboxylic acids is 1. The fraction of sp³-hybridized carbons (Fsp3) is 0.409. The van der Waals surface area contributed by atoms with Crippen molar-refractivity contribution in [2.45, 2.75) is 43.2 Å².